The first kappa shape index (κ1) is 27.1. The van der Waals surface area contributed by atoms with Crippen LogP contribution in [0.2, 0.25) is 0 Å². The largest absolute Gasteiger partial charge is 0.378 e. The van der Waals surface area contributed by atoms with Gasteiger partial charge in [0.05, 0.1) is 31.1 Å². The summed E-state index contributed by atoms with van der Waals surface area (Å²) in [6, 6.07) is 4.72. The number of nitrogens with one attached hydrogen (secondary N) is 1. The molecule has 7 nitrogen and oxygen atoms in total. The second-order valence-electron chi connectivity index (χ2n) is 6.85. The van der Waals surface area contributed by atoms with Crippen molar-refractivity contribution in [2.75, 3.05) is 56.7 Å². The maximum Gasteiger partial charge on any atom is 0.213 e. The molecule has 0 spiro atoms. The van der Waals surface area contributed by atoms with Crippen LogP contribution in [-0.2, 0) is 9.53 Å². The summed E-state index contributed by atoms with van der Waals surface area (Å²) in [5.74, 6) is 0.793. The first-order chi connectivity index (χ1) is 15.0. The molecule has 31 heavy (non-hydrogen) atoms. The molecule has 0 radical (unpaired) electrons. The van der Waals surface area contributed by atoms with Crippen LogP contribution in [-0.4, -0.2) is 73.7 Å². The smallest absolute Gasteiger partial charge is 0.213 e. The zero-order valence-electron chi connectivity index (χ0n) is 19.8. The van der Waals surface area contributed by atoms with Gasteiger partial charge in [0.15, 0.2) is 0 Å². The number of halogens is 1. The molecule has 0 aromatic carbocycles. The summed E-state index contributed by atoms with van der Waals surface area (Å²) in [6.07, 6.45) is 6.27. The number of nitrogens with zero attached hydrogens (tertiary/aromatic N) is 4. The molecule has 1 amide bonds. The fourth-order valence-corrected chi connectivity index (χ4v) is 3.80. The summed E-state index contributed by atoms with van der Waals surface area (Å²) in [6.45, 7) is 15.9. The predicted octanol–water partition coefficient (Wildman–Crippen LogP) is 4.30. The lowest BCUT2D eigenvalue weighted by atomic mass is 10.2. The van der Waals surface area contributed by atoms with Gasteiger partial charge in [0.2, 0.25) is 6.41 Å². The van der Waals surface area contributed by atoms with Crippen molar-refractivity contribution >= 4 is 33.8 Å². The van der Waals surface area contributed by atoms with E-state index in [0.29, 0.717) is 6.04 Å². The number of allylic oxidation sites excluding steroid dienone is 3. The first-order valence-corrected chi connectivity index (χ1v) is 11.9. The van der Waals surface area contributed by atoms with Gasteiger partial charge in [0, 0.05) is 49.6 Å². The average Bonchev–Trinajstić information content (AvgIpc) is 2.76. The van der Waals surface area contributed by atoms with Gasteiger partial charge in [-0.3, -0.25) is 9.69 Å². The number of carbonyl (C=O) groups is 1. The Hall–Kier alpha value is -1.90. The summed E-state index contributed by atoms with van der Waals surface area (Å²) >= 11 is 3.43. The molecule has 0 aliphatic carbocycles. The number of ether oxygens (including phenoxy) is 1. The third-order valence-electron chi connectivity index (χ3n) is 4.74. The minimum absolute atomic E-state index is 0.617. The Kier molecular flexibility index (Phi) is 13.1. The highest BCUT2D eigenvalue weighted by atomic mass is 79.9. The van der Waals surface area contributed by atoms with Crippen LogP contribution in [0.15, 0.2) is 40.8 Å². The predicted molar refractivity (Wildman–Crippen MR) is 134 cm³/mol. The molecular formula is C23H38BrN5O2. The molecule has 0 atom stereocenters. The quantitative estimate of drug-likeness (QED) is 0.449. The van der Waals surface area contributed by atoms with Gasteiger partial charge in [-0.25, -0.2) is 4.98 Å². The van der Waals surface area contributed by atoms with Gasteiger partial charge >= 0.3 is 0 Å². The van der Waals surface area contributed by atoms with Crippen LogP contribution in [0.4, 0.5) is 11.5 Å². The molecule has 174 valence electrons. The van der Waals surface area contributed by atoms with E-state index in [1.54, 1.807) is 13.2 Å². The van der Waals surface area contributed by atoms with Crippen LogP contribution in [0.1, 0.15) is 34.6 Å². The Bertz CT molecular complexity index is 696. The van der Waals surface area contributed by atoms with Gasteiger partial charge in [-0.15, -0.1) is 0 Å². The minimum atomic E-state index is 0.617. The van der Waals surface area contributed by atoms with E-state index in [-0.39, 0.29) is 0 Å². The van der Waals surface area contributed by atoms with Gasteiger partial charge in [-0.2, -0.15) is 0 Å². The van der Waals surface area contributed by atoms with E-state index in [9.17, 15) is 4.79 Å². The van der Waals surface area contributed by atoms with Crippen molar-refractivity contribution in [3.8, 4) is 0 Å². The lowest BCUT2D eigenvalue weighted by Gasteiger charge is -2.43. The lowest BCUT2D eigenvalue weighted by molar-refractivity contribution is -0.115. The van der Waals surface area contributed by atoms with Gasteiger partial charge in [-0.1, -0.05) is 27.7 Å². The van der Waals surface area contributed by atoms with Crippen LogP contribution < -0.4 is 10.2 Å². The molecule has 8 heteroatoms. The molecule has 3 heterocycles. The zero-order valence-corrected chi connectivity index (χ0v) is 21.4. The summed E-state index contributed by atoms with van der Waals surface area (Å²) in [5.41, 5.74) is 2.08. The Morgan fingerprint density at radius 3 is 2.32 bits per heavy atom. The third-order valence-corrected chi connectivity index (χ3v) is 5.17. The van der Waals surface area contributed by atoms with Gasteiger partial charge in [0.25, 0.3) is 0 Å². The molecule has 2 aliphatic heterocycles. The highest BCUT2D eigenvalue weighted by molar-refractivity contribution is 9.11. The normalized spacial score (nSPS) is 17.5. The molecule has 2 saturated heterocycles. The second-order valence-corrected chi connectivity index (χ2v) is 7.77. The SMILES string of the molecule is C/C(=C\C(Br)=C/N(C)C=O)Nc1ccc(N2CCN(C3COC3)CC2)cn1.CC.CC. The van der Waals surface area contributed by atoms with Crippen LogP contribution >= 0.6 is 15.9 Å². The van der Waals surface area contributed by atoms with Crippen LogP contribution in [0.5, 0.6) is 0 Å². The molecule has 1 N–H and O–H groups in total. The standard InChI is InChI=1S/C19H26BrN5O2.2C2H6/c1-15(9-16(20)11-23(2)14-26)22-19-4-3-17(10-21-19)24-5-7-25(8-6-24)18-12-27-13-18;2*1-2/h3-4,9-11,14,18H,5-8,12-13H2,1-2H3,(H,21,22);2*1-2H3/b15-9+,16-11+;;. The van der Waals surface area contributed by atoms with Crippen molar-refractivity contribution in [3.05, 3.63) is 40.8 Å². The molecule has 0 saturated carbocycles. The van der Waals surface area contributed by atoms with Crippen LogP contribution in [0.25, 0.3) is 0 Å². The fourth-order valence-electron chi connectivity index (χ4n) is 3.13. The van der Waals surface area contributed by atoms with Crippen molar-refractivity contribution < 1.29 is 9.53 Å². The summed E-state index contributed by atoms with van der Waals surface area (Å²) in [7, 11) is 1.69. The van der Waals surface area contributed by atoms with Gasteiger partial charge in [-0.05, 0) is 41.1 Å². The fraction of sp³-hybridized carbons (Fsp3) is 0.565. The molecule has 0 bridgehead atoms. The average molecular weight is 496 g/mol. The van der Waals surface area contributed by atoms with E-state index in [0.717, 1.165) is 67.5 Å². The van der Waals surface area contributed by atoms with E-state index in [4.69, 9.17) is 4.74 Å². The topological polar surface area (TPSA) is 60.9 Å². The molecule has 2 fully saturated rings. The number of carbonyl (C=O) groups excluding carboxylic acids is 1. The lowest BCUT2D eigenvalue weighted by Crippen LogP contribution is -2.56. The Morgan fingerprint density at radius 2 is 1.84 bits per heavy atom. The monoisotopic (exact) mass is 495 g/mol. The van der Waals surface area contributed by atoms with Gasteiger partial charge in [0.1, 0.15) is 5.82 Å². The molecule has 0 unspecified atom stereocenters. The zero-order chi connectivity index (χ0) is 23.2. The van der Waals surface area contributed by atoms with Crippen molar-refractivity contribution in [3.63, 3.8) is 0 Å². The molecule has 1 aromatic heterocycles. The van der Waals surface area contributed by atoms with E-state index in [1.165, 1.54) is 4.90 Å². The molecular weight excluding hydrogens is 458 g/mol. The first-order valence-electron chi connectivity index (χ1n) is 11.1. The number of rotatable bonds is 7. The number of hydrogen-bond donors (Lipinski definition) is 1. The maximum absolute atomic E-state index is 10.7. The van der Waals surface area contributed by atoms with Crippen molar-refractivity contribution in [1.82, 2.24) is 14.8 Å². The van der Waals surface area contributed by atoms with Crippen molar-refractivity contribution in [1.29, 1.82) is 0 Å². The number of hydrogen-bond acceptors (Lipinski definition) is 6. The van der Waals surface area contributed by atoms with Gasteiger partial charge < -0.3 is 19.9 Å². The Morgan fingerprint density at radius 1 is 1.19 bits per heavy atom. The Labute approximate surface area is 196 Å². The Balaban J connectivity index is 0.00000113. The summed E-state index contributed by atoms with van der Waals surface area (Å²) < 4.78 is 6.09. The van der Waals surface area contributed by atoms with E-state index in [1.807, 2.05) is 53.0 Å². The number of piperazine rings is 1. The second kappa shape index (κ2) is 15.0. The van der Waals surface area contributed by atoms with E-state index in [2.05, 4.69) is 42.1 Å². The highest BCUT2D eigenvalue weighted by Crippen LogP contribution is 2.20. The maximum atomic E-state index is 10.7. The number of amides is 1. The van der Waals surface area contributed by atoms with Crippen molar-refractivity contribution in [2.45, 2.75) is 40.7 Å². The number of aromatic nitrogens is 1. The van der Waals surface area contributed by atoms with Crippen LogP contribution in [0.3, 0.4) is 0 Å². The van der Waals surface area contributed by atoms with E-state index < -0.39 is 0 Å². The van der Waals surface area contributed by atoms with Crippen molar-refractivity contribution in [2.24, 2.45) is 0 Å². The molecule has 2 aliphatic rings. The molecule has 3 rings (SSSR count). The third kappa shape index (κ3) is 9.01. The van der Waals surface area contributed by atoms with E-state index >= 15 is 0 Å². The van der Waals surface area contributed by atoms with Crippen LogP contribution in [0, 0.1) is 0 Å². The highest BCUT2D eigenvalue weighted by Gasteiger charge is 2.28. The number of anilines is 2. The summed E-state index contributed by atoms with van der Waals surface area (Å²) in [4.78, 5) is 21.5. The number of pyridine rings is 1. The summed E-state index contributed by atoms with van der Waals surface area (Å²) in [5, 5.41) is 3.26. The minimum Gasteiger partial charge on any atom is -0.378 e. The molecule has 1 aromatic rings.